The molecule has 0 spiro atoms. The maximum absolute atomic E-state index is 12.3. The van der Waals surface area contributed by atoms with Gasteiger partial charge in [-0.1, -0.05) is 30.9 Å². The summed E-state index contributed by atoms with van der Waals surface area (Å²) in [5, 5.41) is 2.54. The maximum Gasteiger partial charge on any atom is 0.419 e. The third-order valence-corrected chi connectivity index (χ3v) is 3.28. The summed E-state index contributed by atoms with van der Waals surface area (Å²) in [5.41, 5.74) is 2.23. The van der Waals surface area contributed by atoms with Crippen LogP contribution in [0.15, 0.2) is 61.2 Å². The van der Waals surface area contributed by atoms with E-state index in [2.05, 4.69) is 11.9 Å². The van der Waals surface area contributed by atoms with Gasteiger partial charge in [-0.2, -0.15) is 0 Å². The van der Waals surface area contributed by atoms with Crippen LogP contribution < -0.4 is 15.0 Å². The zero-order valence-electron chi connectivity index (χ0n) is 14.2. The number of nitrogens with zero attached hydrogens (tertiary/aromatic N) is 1. The van der Waals surface area contributed by atoms with Crippen LogP contribution in [0.25, 0.3) is 0 Å². The van der Waals surface area contributed by atoms with Crippen LogP contribution in [-0.4, -0.2) is 25.8 Å². The van der Waals surface area contributed by atoms with Gasteiger partial charge in [0.1, 0.15) is 12.4 Å². The average molecular weight is 340 g/mol. The van der Waals surface area contributed by atoms with Crippen molar-refractivity contribution in [1.29, 1.82) is 0 Å². The van der Waals surface area contributed by atoms with Crippen molar-refractivity contribution in [3.05, 3.63) is 66.7 Å². The van der Waals surface area contributed by atoms with Gasteiger partial charge in [0.05, 0.1) is 0 Å². The minimum Gasteiger partial charge on any atom is -0.445 e. The van der Waals surface area contributed by atoms with Crippen molar-refractivity contribution in [2.24, 2.45) is 0 Å². The molecule has 0 radical (unpaired) electrons. The van der Waals surface area contributed by atoms with Crippen molar-refractivity contribution in [1.82, 2.24) is 0 Å². The number of amides is 2. The molecule has 130 valence electrons. The summed E-state index contributed by atoms with van der Waals surface area (Å²) in [6, 6.07) is 14.0. The standard InChI is InChI=1S/C19H20N2O4/c1-4-11-24-18(22)20-15-8-6-10-17(13-15)25-19(23)21(3)16-9-5-7-14(2)12-16/h4-10,12-13H,1,11H2,2-3H3,(H,20,22). The van der Waals surface area contributed by atoms with Crippen molar-refractivity contribution in [2.75, 3.05) is 23.9 Å². The number of nitrogens with one attached hydrogen (secondary N) is 1. The van der Waals surface area contributed by atoms with Crippen LogP contribution >= 0.6 is 0 Å². The predicted molar refractivity (Wildman–Crippen MR) is 97.2 cm³/mol. The molecular weight excluding hydrogens is 320 g/mol. The molecule has 0 aliphatic rings. The highest BCUT2D eigenvalue weighted by molar-refractivity contribution is 5.89. The molecule has 0 aliphatic heterocycles. The zero-order chi connectivity index (χ0) is 18.2. The molecule has 0 unspecified atom stereocenters. The van der Waals surface area contributed by atoms with Crippen LogP contribution in [0.5, 0.6) is 5.75 Å². The second-order valence-electron chi connectivity index (χ2n) is 5.31. The van der Waals surface area contributed by atoms with E-state index in [1.165, 1.54) is 17.0 Å². The number of benzene rings is 2. The number of carbonyl (C=O) groups is 2. The Morgan fingerprint density at radius 1 is 1.20 bits per heavy atom. The second-order valence-corrected chi connectivity index (χ2v) is 5.31. The number of hydrogen-bond acceptors (Lipinski definition) is 4. The first-order valence-electron chi connectivity index (χ1n) is 7.66. The Hall–Kier alpha value is -3.28. The highest BCUT2D eigenvalue weighted by Crippen LogP contribution is 2.20. The van der Waals surface area contributed by atoms with Gasteiger partial charge in [0, 0.05) is 24.5 Å². The number of hydrogen-bond donors (Lipinski definition) is 1. The largest absolute Gasteiger partial charge is 0.445 e. The van der Waals surface area contributed by atoms with Crippen molar-refractivity contribution < 1.29 is 19.1 Å². The maximum atomic E-state index is 12.3. The van der Waals surface area contributed by atoms with Gasteiger partial charge < -0.3 is 9.47 Å². The Bertz CT molecular complexity index is 774. The number of aryl methyl sites for hydroxylation is 1. The van der Waals surface area contributed by atoms with Crippen LogP contribution in [0.2, 0.25) is 0 Å². The van der Waals surface area contributed by atoms with E-state index in [4.69, 9.17) is 9.47 Å². The summed E-state index contributed by atoms with van der Waals surface area (Å²) >= 11 is 0. The number of anilines is 2. The van der Waals surface area contributed by atoms with E-state index in [0.717, 1.165) is 11.3 Å². The van der Waals surface area contributed by atoms with Gasteiger partial charge in [-0.25, -0.2) is 9.59 Å². The zero-order valence-corrected chi connectivity index (χ0v) is 14.2. The van der Waals surface area contributed by atoms with E-state index >= 15 is 0 Å². The second kappa shape index (κ2) is 8.54. The molecule has 1 N–H and O–H groups in total. The quantitative estimate of drug-likeness (QED) is 0.821. The Balaban J connectivity index is 2.02. The lowest BCUT2D eigenvalue weighted by Gasteiger charge is -2.17. The van der Waals surface area contributed by atoms with Crippen LogP contribution in [0.3, 0.4) is 0 Å². The summed E-state index contributed by atoms with van der Waals surface area (Å²) in [6.07, 6.45) is 0.330. The number of carbonyl (C=O) groups excluding carboxylic acids is 2. The molecule has 0 aliphatic carbocycles. The highest BCUT2D eigenvalue weighted by atomic mass is 16.6. The number of rotatable bonds is 5. The predicted octanol–water partition coefficient (Wildman–Crippen LogP) is 4.36. The summed E-state index contributed by atoms with van der Waals surface area (Å²) in [4.78, 5) is 25.2. The lowest BCUT2D eigenvalue weighted by Crippen LogP contribution is -2.29. The average Bonchev–Trinajstić information content (AvgIpc) is 2.59. The van der Waals surface area contributed by atoms with Crippen LogP contribution in [0.1, 0.15) is 5.56 Å². The van der Waals surface area contributed by atoms with Gasteiger partial charge in [0.25, 0.3) is 0 Å². The van der Waals surface area contributed by atoms with E-state index in [1.54, 1.807) is 25.2 Å². The smallest absolute Gasteiger partial charge is 0.419 e. The molecule has 0 aromatic heterocycles. The van der Waals surface area contributed by atoms with Crippen LogP contribution in [-0.2, 0) is 4.74 Å². The molecule has 2 aromatic rings. The third-order valence-electron chi connectivity index (χ3n) is 3.28. The lowest BCUT2D eigenvalue weighted by atomic mass is 10.2. The molecule has 2 rings (SSSR count). The van der Waals surface area contributed by atoms with E-state index in [9.17, 15) is 9.59 Å². The SMILES string of the molecule is C=CCOC(=O)Nc1cccc(OC(=O)N(C)c2cccc(C)c2)c1. The number of ether oxygens (including phenoxy) is 2. The fourth-order valence-corrected chi connectivity index (χ4v) is 2.04. The van der Waals surface area contributed by atoms with Crippen LogP contribution in [0.4, 0.5) is 21.0 Å². The Morgan fingerprint density at radius 3 is 2.68 bits per heavy atom. The summed E-state index contributed by atoms with van der Waals surface area (Å²) < 4.78 is 10.2. The highest BCUT2D eigenvalue weighted by Gasteiger charge is 2.14. The molecular formula is C19H20N2O4. The molecule has 2 amide bonds. The molecule has 0 atom stereocenters. The summed E-state index contributed by atoms with van der Waals surface area (Å²) in [6.45, 7) is 5.53. The Labute approximate surface area is 146 Å². The van der Waals surface area contributed by atoms with E-state index < -0.39 is 12.2 Å². The first-order chi connectivity index (χ1) is 12.0. The summed E-state index contributed by atoms with van der Waals surface area (Å²) in [7, 11) is 1.63. The van der Waals surface area contributed by atoms with Gasteiger partial charge in [-0.3, -0.25) is 10.2 Å². The Kier molecular flexibility index (Phi) is 6.17. The van der Waals surface area contributed by atoms with E-state index in [0.29, 0.717) is 11.4 Å². The van der Waals surface area contributed by atoms with Gasteiger partial charge in [-0.15, -0.1) is 0 Å². The topological polar surface area (TPSA) is 67.9 Å². The lowest BCUT2D eigenvalue weighted by molar-refractivity contribution is 0.174. The molecule has 0 fully saturated rings. The molecule has 6 nitrogen and oxygen atoms in total. The molecule has 0 saturated heterocycles. The monoisotopic (exact) mass is 340 g/mol. The molecule has 0 bridgehead atoms. The van der Waals surface area contributed by atoms with E-state index in [1.807, 2.05) is 31.2 Å². The van der Waals surface area contributed by atoms with Crippen molar-refractivity contribution in [3.63, 3.8) is 0 Å². The van der Waals surface area contributed by atoms with Crippen LogP contribution in [0, 0.1) is 6.92 Å². The van der Waals surface area contributed by atoms with Gasteiger partial charge >= 0.3 is 12.2 Å². The normalized spacial score (nSPS) is 9.84. The van der Waals surface area contributed by atoms with Gasteiger partial charge in [-0.05, 0) is 36.8 Å². The van der Waals surface area contributed by atoms with E-state index in [-0.39, 0.29) is 6.61 Å². The molecule has 0 saturated carbocycles. The fourth-order valence-electron chi connectivity index (χ4n) is 2.04. The Morgan fingerprint density at radius 2 is 1.96 bits per heavy atom. The minimum absolute atomic E-state index is 0.113. The molecule has 6 heteroatoms. The van der Waals surface area contributed by atoms with Crippen molar-refractivity contribution in [2.45, 2.75) is 6.92 Å². The third kappa shape index (κ3) is 5.39. The first-order valence-corrected chi connectivity index (χ1v) is 7.66. The fraction of sp³-hybridized carbons (Fsp3) is 0.158. The molecule has 25 heavy (non-hydrogen) atoms. The first kappa shape index (κ1) is 18.1. The van der Waals surface area contributed by atoms with Gasteiger partial charge in [0.2, 0.25) is 0 Å². The van der Waals surface area contributed by atoms with Gasteiger partial charge in [0.15, 0.2) is 0 Å². The van der Waals surface area contributed by atoms with Crippen molar-refractivity contribution >= 4 is 23.6 Å². The minimum atomic E-state index is -0.611. The van der Waals surface area contributed by atoms with Crippen molar-refractivity contribution in [3.8, 4) is 5.75 Å². The molecule has 0 heterocycles. The molecule has 2 aromatic carbocycles. The summed E-state index contributed by atoms with van der Waals surface area (Å²) in [5.74, 6) is 0.311.